The van der Waals surface area contributed by atoms with E-state index in [0.717, 1.165) is 56.0 Å². The maximum absolute atomic E-state index is 12.9. The average molecular weight is 332 g/mol. The van der Waals surface area contributed by atoms with Crippen molar-refractivity contribution in [2.24, 2.45) is 11.8 Å². The number of nitrogens with one attached hydrogen (secondary N) is 1. The highest BCUT2D eigenvalue weighted by molar-refractivity contribution is 5.96. The van der Waals surface area contributed by atoms with Crippen LogP contribution in [0.5, 0.6) is 0 Å². The van der Waals surface area contributed by atoms with Gasteiger partial charge < -0.3 is 10.0 Å². The van der Waals surface area contributed by atoms with E-state index < -0.39 is 0 Å². The first-order valence-corrected chi connectivity index (χ1v) is 9.27. The number of carbonyl (C=O) groups is 1. The second-order valence-electron chi connectivity index (χ2n) is 7.89. The van der Waals surface area contributed by atoms with Gasteiger partial charge in [0.25, 0.3) is 5.91 Å². The molecule has 0 unspecified atom stereocenters. The molecule has 2 saturated heterocycles. The van der Waals surface area contributed by atoms with Crippen LogP contribution in [0.1, 0.15) is 47.4 Å². The Morgan fingerprint density at radius 2 is 1.83 bits per heavy atom. The third kappa shape index (κ3) is 2.65. The molecule has 3 fully saturated rings. The van der Waals surface area contributed by atoms with Gasteiger partial charge in [-0.15, -0.1) is 0 Å². The van der Waals surface area contributed by atoms with Crippen LogP contribution in [-0.4, -0.2) is 69.3 Å². The van der Waals surface area contributed by atoms with Crippen LogP contribution >= 0.6 is 0 Å². The lowest BCUT2D eigenvalue weighted by Gasteiger charge is -2.40. The first-order chi connectivity index (χ1) is 11.5. The molecule has 1 aromatic heterocycles. The molecule has 6 heteroatoms. The number of carbonyl (C=O) groups excluding carboxylic acids is 1. The number of hydrogen-bond acceptors (Lipinski definition) is 4. The molecule has 1 aliphatic carbocycles. The molecule has 132 valence electrons. The maximum atomic E-state index is 12.9. The van der Waals surface area contributed by atoms with E-state index in [1.807, 2.05) is 18.7 Å². The van der Waals surface area contributed by atoms with Crippen molar-refractivity contribution in [1.82, 2.24) is 20.0 Å². The van der Waals surface area contributed by atoms with E-state index in [2.05, 4.69) is 15.1 Å². The van der Waals surface area contributed by atoms with Crippen molar-refractivity contribution in [3.8, 4) is 0 Å². The van der Waals surface area contributed by atoms with Crippen LogP contribution in [-0.2, 0) is 0 Å². The predicted octanol–water partition coefficient (Wildman–Crippen LogP) is 1.33. The second-order valence-corrected chi connectivity index (χ2v) is 7.89. The largest absolute Gasteiger partial charge is 0.391 e. The van der Waals surface area contributed by atoms with Crippen molar-refractivity contribution in [2.45, 2.75) is 51.7 Å². The second kappa shape index (κ2) is 6.15. The number of amides is 1. The highest BCUT2D eigenvalue weighted by atomic mass is 16.3. The van der Waals surface area contributed by atoms with Crippen molar-refractivity contribution in [3.63, 3.8) is 0 Å². The molecule has 1 aromatic rings. The number of aliphatic hydroxyl groups is 1. The van der Waals surface area contributed by atoms with Crippen molar-refractivity contribution in [3.05, 3.63) is 17.0 Å². The van der Waals surface area contributed by atoms with Gasteiger partial charge in [0.1, 0.15) is 0 Å². The predicted molar refractivity (Wildman–Crippen MR) is 90.8 cm³/mol. The van der Waals surface area contributed by atoms with Crippen LogP contribution < -0.4 is 0 Å². The molecule has 0 aromatic carbocycles. The quantitative estimate of drug-likeness (QED) is 0.857. The number of nitrogens with zero attached hydrogens (tertiary/aromatic N) is 3. The number of likely N-dealkylation sites (tertiary alicyclic amines) is 2. The Balaban J connectivity index is 1.47. The van der Waals surface area contributed by atoms with Gasteiger partial charge in [-0.1, -0.05) is 0 Å². The van der Waals surface area contributed by atoms with Gasteiger partial charge in [0.2, 0.25) is 0 Å². The normalized spacial score (nSPS) is 33.9. The zero-order chi connectivity index (χ0) is 16.8. The summed E-state index contributed by atoms with van der Waals surface area (Å²) in [5, 5.41) is 17.7. The van der Waals surface area contributed by atoms with Gasteiger partial charge in [0.15, 0.2) is 0 Å². The molecule has 1 saturated carbocycles. The van der Waals surface area contributed by atoms with E-state index in [4.69, 9.17) is 0 Å². The van der Waals surface area contributed by atoms with Crippen LogP contribution in [0.15, 0.2) is 0 Å². The van der Waals surface area contributed by atoms with Crippen molar-refractivity contribution < 1.29 is 9.90 Å². The molecule has 2 N–H and O–H groups in total. The van der Waals surface area contributed by atoms with Gasteiger partial charge in [-0.05, 0) is 64.5 Å². The lowest BCUT2D eigenvalue weighted by molar-refractivity contribution is -0.000864. The summed E-state index contributed by atoms with van der Waals surface area (Å²) in [6.07, 6.45) is 4.12. The number of aromatic nitrogens is 2. The van der Waals surface area contributed by atoms with Gasteiger partial charge >= 0.3 is 0 Å². The van der Waals surface area contributed by atoms with Crippen LogP contribution in [0, 0.1) is 25.7 Å². The maximum Gasteiger partial charge on any atom is 0.257 e. The van der Waals surface area contributed by atoms with Crippen LogP contribution in [0.25, 0.3) is 0 Å². The Kier molecular flexibility index (Phi) is 4.12. The van der Waals surface area contributed by atoms with E-state index in [1.165, 1.54) is 12.8 Å². The number of aromatic amines is 1. The summed E-state index contributed by atoms with van der Waals surface area (Å²) in [5.74, 6) is 1.06. The SMILES string of the molecule is Cc1n[nH]c(C)c1C(=O)N1C[C@H]2C[C@@H](N3CCCC3)[C@H](O)C[C@H]2C1. The Bertz CT molecular complexity index is 603. The van der Waals surface area contributed by atoms with E-state index in [9.17, 15) is 9.90 Å². The average Bonchev–Trinajstić information content (AvgIpc) is 3.26. The number of fused-ring (bicyclic) bond motifs is 1. The highest BCUT2D eigenvalue weighted by Gasteiger charge is 2.45. The van der Waals surface area contributed by atoms with E-state index >= 15 is 0 Å². The molecule has 4 rings (SSSR count). The molecule has 3 aliphatic rings. The molecule has 24 heavy (non-hydrogen) atoms. The fourth-order valence-electron chi connectivity index (χ4n) is 5.06. The smallest absolute Gasteiger partial charge is 0.257 e. The van der Waals surface area contributed by atoms with Gasteiger partial charge in [-0.25, -0.2) is 0 Å². The summed E-state index contributed by atoms with van der Waals surface area (Å²) in [7, 11) is 0. The number of H-pyrrole nitrogens is 1. The number of hydrogen-bond donors (Lipinski definition) is 2. The molecular formula is C18H28N4O2. The van der Waals surface area contributed by atoms with Crippen molar-refractivity contribution in [2.75, 3.05) is 26.2 Å². The summed E-state index contributed by atoms with van der Waals surface area (Å²) >= 11 is 0. The monoisotopic (exact) mass is 332 g/mol. The highest BCUT2D eigenvalue weighted by Crippen LogP contribution is 2.39. The minimum atomic E-state index is -0.239. The summed E-state index contributed by atoms with van der Waals surface area (Å²) in [6, 6.07) is 0.293. The third-order valence-corrected chi connectivity index (χ3v) is 6.35. The molecule has 0 spiro atoms. The number of aryl methyl sites for hydroxylation is 2. The van der Waals surface area contributed by atoms with Crippen molar-refractivity contribution in [1.29, 1.82) is 0 Å². The van der Waals surface area contributed by atoms with Crippen LogP contribution in [0.2, 0.25) is 0 Å². The Hall–Kier alpha value is -1.40. The van der Waals surface area contributed by atoms with E-state index in [0.29, 0.717) is 17.9 Å². The standard InChI is InChI=1S/C18H28N4O2/c1-11-17(12(2)20-19-11)18(24)22-9-13-7-15(21-5-3-4-6-21)16(23)8-14(13)10-22/h13-16,23H,3-10H2,1-2H3,(H,19,20)/t13-,14+,15-,16-/m1/s1. The molecule has 2 aliphatic heterocycles. The summed E-state index contributed by atoms with van der Waals surface area (Å²) < 4.78 is 0. The lowest BCUT2D eigenvalue weighted by atomic mass is 9.77. The zero-order valence-electron chi connectivity index (χ0n) is 14.7. The van der Waals surface area contributed by atoms with Gasteiger partial charge in [-0.2, -0.15) is 5.10 Å². The summed E-state index contributed by atoms with van der Waals surface area (Å²) in [5.41, 5.74) is 2.36. The van der Waals surface area contributed by atoms with Crippen LogP contribution in [0.4, 0.5) is 0 Å². The summed E-state index contributed by atoms with van der Waals surface area (Å²) in [6.45, 7) is 7.63. The third-order valence-electron chi connectivity index (χ3n) is 6.35. The zero-order valence-corrected chi connectivity index (χ0v) is 14.7. The summed E-state index contributed by atoms with van der Waals surface area (Å²) in [4.78, 5) is 17.4. The van der Waals surface area contributed by atoms with Gasteiger partial charge in [-0.3, -0.25) is 14.8 Å². The minimum absolute atomic E-state index is 0.0976. The van der Waals surface area contributed by atoms with Crippen LogP contribution in [0.3, 0.4) is 0 Å². The number of rotatable bonds is 2. The van der Waals surface area contributed by atoms with E-state index in [-0.39, 0.29) is 12.0 Å². The molecule has 0 bridgehead atoms. The molecule has 4 atom stereocenters. The lowest BCUT2D eigenvalue weighted by Crippen LogP contribution is -2.48. The van der Waals surface area contributed by atoms with Crippen molar-refractivity contribution >= 4 is 5.91 Å². The molecule has 6 nitrogen and oxygen atoms in total. The Labute approximate surface area is 143 Å². The van der Waals surface area contributed by atoms with E-state index in [1.54, 1.807) is 0 Å². The molecule has 1 amide bonds. The Morgan fingerprint density at radius 3 is 2.46 bits per heavy atom. The number of aliphatic hydroxyl groups excluding tert-OH is 1. The van der Waals surface area contributed by atoms with Gasteiger partial charge in [0.05, 0.1) is 17.4 Å². The topological polar surface area (TPSA) is 72.5 Å². The molecule has 0 radical (unpaired) electrons. The van der Waals surface area contributed by atoms with Gasteiger partial charge in [0, 0.05) is 24.8 Å². The minimum Gasteiger partial charge on any atom is -0.391 e. The first-order valence-electron chi connectivity index (χ1n) is 9.27. The first kappa shape index (κ1) is 16.1. The fourth-order valence-corrected chi connectivity index (χ4v) is 5.06. The Morgan fingerprint density at radius 1 is 1.17 bits per heavy atom. The fraction of sp³-hybridized carbons (Fsp3) is 0.778. The molecule has 3 heterocycles. The molecular weight excluding hydrogens is 304 g/mol.